The largest absolute Gasteiger partial charge is 0.478 e. The van der Waals surface area contributed by atoms with Crippen LogP contribution in [-0.2, 0) is 6.54 Å². The molecular weight excluding hydrogens is 272 g/mol. The highest BCUT2D eigenvalue weighted by Crippen LogP contribution is 2.22. The van der Waals surface area contributed by atoms with Crippen molar-refractivity contribution in [1.82, 2.24) is 5.32 Å². The summed E-state index contributed by atoms with van der Waals surface area (Å²) in [4.78, 5) is 23.1. The van der Waals surface area contributed by atoms with E-state index >= 15 is 0 Å². The summed E-state index contributed by atoms with van der Waals surface area (Å²) < 4.78 is 4.90. The molecule has 21 heavy (non-hydrogen) atoms. The second-order valence-corrected chi connectivity index (χ2v) is 4.75. The van der Waals surface area contributed by atoms with Crippen LogP contribution in [0.3, 0.4) is 0 Å². The predicted octanol–water partition coefficient (Wildman–Crippen LogP) is 2.92. The number of carboxylic acids is 1. The van der Waals surface area contributed by atoms with Gasteiger partial charge in [-0.2, -0.15) is 0 Å². The van der Waals surface area contributed by atoms with E-state index in [0.717, 1.165) is 11.1 Å². The molecule has 6 nitrogen and oxygen atoms in total. The van der Waals surface area contributed by atoms with E-state index in [-0.39, 0.29) is 5.56 Å². The Morgan fingerprint density at radius 1 is 1.29 bits per heavy atom. The number of benzene rings is 1. The molecule has 2 amide bonds. The molecule has 2 rings (SSSR count). The molecule has 0 aliphatic rings. The highest BCUT2D eigenvalue weighted by atomic mass is 16.4. The number of carbonyl (C=O) groups is 2. The first-order valence-electron chi connectivity index (χ1n) is 6.38. The summed E-state index contributed by atoms with van der Waals surface area (Å²) in [7, 11) is 0. The molecule has 0 fully saturated rings. The number of aromatic carboxylic acids is 1. The lowest BCUT2D eigenvalue weighted by Gasteiger charge is -2.13. The molecule has 1 aromatic carbocycles. The normalized spacial score (nSPS) is 10.2. The van der Waals surface area contributed by atoms with Crippen LogP contribution in [0.25, 0.3) is 0 Å². The van der Waals surface area contributed by atoms with Crippen molar-refractivity contribution in [2.24, 2.45) is 0 Å². The van der Waals surface area contributed by atoms with Gasteiger partial charge < -0.3 is 20.2 Å². The van der Waals surface area contributed by atoms with Crippen molar-refractivity contribution < 1.29 is 19.1 Å². The molecule has 0 atom stereocenters. The monoisotopic (exact) mass is 288 g/mol. The van der Waals surface area contributed by atoms with Crippen molar-refractivity contribution >= 4 is 17.7 Å². The molecule has 1 heterocycles. The number of furan rings is 1. The van der Waals surface area contributed by atoms with Crippen LogP contribution in [0.4, 0.5) is 10.5 Å². The molecule has 0 unspecified atom stereocenters. The number of aryl methyl sites for hydroxylation is 2. The number of amides is 2. The third kappa shape index (κ3) is 3.62. The molecule has 0 aliphatic heterocycles. The number of urea groups is 1. The Morgan fingerprint density at radius 3 is 2.67 bits per heavy atom. The summed E-state index contributed by atoms with van der Waals surface area (Å²) in [5.74, 6) is -1.08. The molecule has 3 N–H and O–H groups in total. The van der Waals surface area contributed by atoms with Gasteiger partial charge in [-0.1, -0.05) is 6.07 Å². The molecule has 2 aromatic rings. The van der Waals surface area contributed by atoms with Gasteiger partial charge in [-0.05, 0) is 37.1 Å². The van der Waals surface area contributed by atoms with Gasteiger partial charge in [-0.15, -0.1) is 0 Å². The highest BCUT2D eigenvalue weighted by molar-refractivity contribution is 6.01. The lowest BCUT2D eigenvalue weighted by Crippen LogP contribution is -2.29. The van der Waals surface area contributed by atoms with E-state index in [0.29, 0.717) is 17.8 Å². The zero-order valence-corrected chi connectivity index (χ0v) is 11.8. The zero-order chi connectivity index (χ0) is 15.4. The van der Waals surface area contributed by atoms with Crippen LogP contribution in [0.15, 0.2) is 35.1 Å². The Hall–Kier alpha value is -2.76. The molecule has 0 bridgehead atoms. The predicted molar refractivity (Wildman–Crippen MR) is 77.4 cm³/mol. The third-order valence-corrected chi connectivity index (χ3v) is 2.98. The van der Waals surface area contributed by atoms with Crippen LogP contribution in [0.1, 0.15) is 27.0 Å². The number of carbonyl (C=O) groups excluding carboxylic acids is 1. The Morgan fingerprint density at radius 2 is 2.05 bits per heavy atom. The van der Waals surface area contributed by atoms with Crippen molar-refractivity contribution in [3.63, 3.8) is 0 Å². The van der Waals surface area contributed by atoms with Crippen molar-refractivity contribution in [3.8, 4) is 0 Å². The summed E-state index contributed by atoms with van der Waals surface area (Å²) in [5, 5.41) is 14.5. The van der Waals surface area contributed by atoms with Gasteiger partial charge in [0.15, 0.2) is 0 Å². The smallest absolute Gasteiger partial charge is 0.337 e. The van der Waals surface area contributed by atoms with Crippen molar-refractivity contribution in [2.45, 2.75) is 20.4 Å². The highest BCUT2D eigenvalue weighted by Gasteiger charge is 2.15. The van der Waals surface area contributed by atoms with Gasteiger partial charge >= 0.3 is 12.0 Å². The van der Waals surface area contributed by atoms with E-state index in [2.05, 4.69) is 10.6 Å². The van der Waals surface area contributed by atoms with Crippen LogP contribution in [0, 0.1) is 13.8 Å². The van der Waals surface area contributed by atoms with Crippen LogP contribution in [0.5, 0.6) is 0 Å². The van der Waals surface area contributed by atoms with Crippen LogP contribution < -0.4 is 10.6 Å². The minimum absolute atomic E-state index is 0.0750. The van der Waals surface area contributed by atoms with E-state index in [4.69, 9.17) is 4.42 Å². The van der Waals surface area contributed by atoms with Gasteiger partial charge in [-0.25, -0.2) is 9.59 Å². The van der Waals surface area contributed by atoms with Crippen molar-refractivity contribution in [2.75, 3.05) is 5.32 Å². The summed E-state index contributed by atoms with van der Waals surface area (Å²) in [5.41, 5.74) is 2.73. The molecule has 0 radical (unpaired) electrons. The maximum atomic E-state index is 11.9. The molecule has 0 aliphatic carbocycles. The van der Waals surface area contributed by atoms with Crippen molar-refractivity contribution in [3.05, 3.63) is 53.0 Å². The lowest BCUT2D eigenvalue weighted by atomic mass is 10.0. The van der Waals surface area contributed by atoms with Gasteiger partial charge in [0.25, 0.3) is 0 Å². The molecule has 0 spiro atoms. The molecule has 0 saturated heterocycles. The number of anilines is 1. The minimum Gasteiger partial charge on any atom is -0.478 e. The molecule has 0 saturated carbocycles. The average molecular weight is 288 g/mol. The fraction of sp³-hybridized carbons (Fsp3) is 0.200. The summed E-state index contributed by atoms with van der Waals surface area (Å²) in [6.45, 7) is 3.86. The maximum absolute atomic E-state index is 11.9. The lowest BCUT2D eigenvalue weighted by molar-refractivity contribution is 0.0698. The Labute approximate surface area is 121 Å². The second kappa shape index (κ2) is 6.13. The summed E-state index contributed by atoms with van der Waals surface area (Å²) in [6, 6.07) is 4.62. The van der Waals surface area contributed by atoms with Crippen LogP contribution in [0.2, 0.25) is 0 Å². The quantitative estimate of drug-likeness (QED) is 0.806. The average Bonchev–Trinajstić information content (AvgIpc) is 2.92. The van der Waals surface area contributed by atoms with Gasteiger partial charge in [0.05, 0.1) is 23.8 Å². The number of hydrogen-bond donors (Lipinski definition) is 3. The number of hydrogen-bond acceptors (Lipinski definition) is 3. The molecule has 1 aromatic heterocycles. The van der Waals surface area contributed by atoms with Gasteiger partial charge in [0, 0.05) is 12.1 Å². The first-order valence-corrected chi connectivity index (χ1v) is 6.38. The number of rotatable bonds is 4. The number of carboxylic acid groups (broad SMARTS) is 1. The van der Waals surface area contributed by atoms with Crippen molar-refractivity contribution in [1.29, 1.82) is 0 Å². The van der Waals surface area contributed by atoms with E-state index < -0.39 is 12.0 Å². The SMILES string of the molecule is Cc1cc(C)c(NC(=O)NCc2ccoc2)c(C(=O)O)c1. The van der Waals surface area contributed by atoms with Gasteiger partial charge in [0.1, 0.15) is 0 Å². The second-order valence-electron chi connectivity index (χ2n) is 4.75. The van der Waals surface area contributed by atoms with Gasteiger partial charge in [0.2, 0.25) is 0 Å². The van der Waals surface area contributed by atoms with E-state index in [9.17, 15) is 14.7 Å². The number of nitrogens with one attached hydrogen (secondary N) is 2. The molecular formula is C15H16N2O4. The van der Waals surface area contributed by atoms with Crippen LogP contribution >= 0.6 is 0 Å². The summed E-state index contributed by atoms with van der Waals surface area (Å²) >= 11 is 0. The summed E-state index contributed by atoms with van der Waals surface area (Å²) in [6.07, 6.45) is 3.04. The zero-order valence-electron chi connectivity index (χ0n) is 11.8. The first-order chi connectivity index (χ1) is 9.97. The Balaban J connectivity index is 2.11. The van der Waals surface area contributed by atoms with Gasteiger partial charge in [-0.3, -0.25) is 0 Å². The molecule has 6 heteroatoms. The fourth-order valence-corrected chi connectivity index (χ4v) is 2.04. The minimum atomic E-state index is -1.08. The Bertz CT molecular complexity index is 663. The first kappa shape index (κ1) is 14.6. The van der Waals surface area contributed by atoms with E-state index in [1.807, 2.05) is 13.0 Å². The fourth-order valence-electron chi connectivity index (χ4n) is 2.04. The standard InChI is InChI=1S/C15H16N2O4/c1-9-5-10(2)13(12(6-9)14(18)19)17-15(20)16-7-11-3-4-21-8-11/h3-6,8H,7H2,1-2H3,(H,18,19)(H2,16,17,20). The van der Waals surface area contributed by atoms with E-state index in [1.54, 1.807) is 13.0 Å². The topological polar surface area (TPSA) is 91.6 Å². The Kier molecular flexibility index (Phi) is 4.27. The van der Waals surface area contributed by atoms with Crippen LogP contribution in [-0.4, -0.2) is 17.1 Å². The van der Waals surface area contributed by atoms with E-state index in [1.165, 1.54) is 18.6 Å². The maximum Gasteiger partial charge on any atom is 0.337 e. The molecule has 110 valence electrons. The third-order valence-electron chi connectivity index (χ3n) is 2.98.